The maximum absolute atomic E-state index is 4.12. The monoisotopic (exact) mass is 256 g/mol. The van der Waals surface area contributed by atoms with Gasteiger partial charge in [-0.25, -0.2) is 0 Å². The molecule has 0 nitrogen and oxygen atoms in total. The predicted octanol–water partition coefficient (Wildman–Crippen LogP) is 6.17. The average Bonchev–Trinajstić information content (AvgIpc) is 2.38. The lowest BCUT2D eigenvalue weighted by molar-refractivity contribution is 0.582. The number of rotatable bonds is 9. The van der Waals surface area contributed by atoms with E-state index in [1.54, 1.807) is 0 Å². The van der Waals surface area contributed by atoms with E-state index in [1.807, 2.05) is 25.2 Å². The molecule has 0 saturated carbocycles. The van der Waals surface area contributed by atoms with E-state index in [-0.39, 0.29) is 0 Å². The largest absolute Gasteiger partial charge is 0.0961 e. The van der Waals surface area contributed by atoms with E-state index in [2.05, 4.69) is 46.2 Å². The molecule has 0 amide bonds. The Labute approximate surface area is 119 Å². The summed E-state index contributed by atoms with van der Waals surface area (Å²) in [6, 6.07) is 0. The van der Waals surface area contributed by atoms with Crippen molar-refractivity contribution in [3.8, 4) is 0 Å². The van der Waals surface area contributed by atoms with Crippen LogP contribution >= 0.6 is 0 Å². The van der Waals surface area contributed by atoms with Gasteiger partial charge in [-0.3, -0.25) is 0 Å². The second kappa shape index (κ2) is 9.38. The molecule has 19 heavy (non-hydrogen) atoms. The van der Waals surface area contributed by atoms with E-state index in [4.69, 9.17) is 0 Å². The van der Waals surface area contributed by atoms with E-state index in [0.29, 0.717) is 5.92 Å². The standard InChI is InChI=1S/C19H28/c1-8-9-10-16(4)18(6)13-14-19(7)17(5)12-11-15(2)3/h11-14,16H,2,5-10H2,1,3-4H3/b12-11-,14-13-. The minimum Gasteiger partial charge on any atom is -0.0961 e. The molecule has 0 saturated heterocycles. The van der Waals surface area contributed by atoms with Crippen molar-refractivity contribution in [2.24, 2.45) is 5.92 Å². The zero-order valence-corrected chi connectivity index (χ0v) is 12.8. The van der Waals surface area contributed by atoms with Gasteiger partial charge in [0.2, 0.25) is 0 Å². The summed E-state index contributed by atoms with van der Waals surface area (Å²) in [5.41, 5.74) is 4.00. The Balaban J connectivity index is 4.39. The molecule has 0 spiro atoms. The summed E-state index contributed by atoms with van der Waals surface area (Å²) < 4.78 is 0. The Morgan fingerprint density at radius 1 is 0.947 bits per heavy atom. The molecule has 0 rings (SSSR count). The van der Waals surface area contributed by atoms with E-state index in [9.17, 15) is 0 Å². The molecule has 0 aromatic carbocycles. The lowest BCUT2D eigenvalue weighted by Crippen LogP contribution is -1.95. The number of hydrogen-bond acceptors (Lipinski definition) is 0. The fourth-order valence-corrected chi connectivity index (χ4v) is 1.52. The first kappa shape index (κ1) is 17.4. The molecule has 0 radical (unpaired) electrons. The van der Waals surface area contributed by atoms with Crippen LogP contribution in [0.2, 0.25) is 0 Å². The van der Waals surface area contributed by atoms with Gasteiger partial charge < -0.3 is 0 Å². The number of hydrogen-bond donors (Lipinski definition) is 0. The minimum atomic E-state index is 0.531. The van der Waals surface area contributed by atoms with Crippen LogP contribution in [0.4, 0.5) is 0 Å². The SMILES string of the molecule is C=C(C)/C=C\C(=C)C(=C)/C=C\C(=C)C(C)CCCC. The van der Waals surface area contributed by atoms with Crippen LogP contribution < -0.4 is 0 Å². The van der Waals surface area contributed by atoms with Crippen LogP contribution in [0.15, 0.2) is 72.9 Å². The van der Waals surface area contributed by atoms with Gasteiger partial charge in [0.15, 0.2) is 0 Å². The lowest BCUT2D eigenvalue weighted by Gasteiger charge is -2.10. The van der Waals surface area contributed by atoms with Gasteiger partial charge in [-0.15, -0.1) is 0 Å². The highest BCUT2D eigenvalue weighted by molar-refractivity contribution is 5.45. The Morgan fingerprint density at radius 2 is 1.47 bits per heavy atom. The van der Waals surface area contributed by atoms with E-state index < -0.39 is 0 Å². The molecular formula is C19H28. The first-order chi connectivity index (χ1) is 8.88. The topological polar surface area (TPSA) is 0 Å². The summed E-state index contributed by atoms with van der Waals surface area (Å²) in [6.07, 6.45) is 11.6. The predicted molar refractivity (Wildman–Crippen MR) is 89.2 cm³/mol. The lowest BCUT2D eigenvalue weighted by atomic mass is 9.95. The van der Waals surface area contributed by atoms with Crippen molar-refractivity contribution < 1.29 is 0 Å². The molecule has 0 heterocycles. The maximum Gasteiger partial charge on any atom is -0.0196 e. The minimum absolute atomic E-state index is 0.531. The zero-order chi connectivity index (χ0) is 14.8. The van der Waals surface area contributed by atoms with Crippen LogP contribution in [0.3, 0.4) is 0 Å². The molecule has 0 aromatic heterocycles. The average molecular weight is 256 g/mol. The molecule has 0 heteroatoms. The molecule has 104 valence electrons. The van der Waals surface area contributed by atoms with Gasteiger partial charge in [0.25, 0.3) is 0 Å². The van der Waals surface area contributed by atoms with Crippen LogP contribution in [-0.4, -0.2) is 0 Å². The van der Waals surface area contributed by atoms with Gasteiger partial charge in [-0.05, 0) is 30.4 Å². The molecule has 1 unspecified atom stereocenters. The number of unbranched alkanes of at least 4 members (excludes halogenated alkanes) is 1. The third-order valence-electron chi connectivity index (χ3n) is 3.10. The fourth-order valence-electron chi connectivity index (χ4n) is 1.52. The van der Waals surface area contributed by atoms with Crippen molar-refractivity contribution in [1.29, 1.82) is 0 Å². The fraction of sp³-hybridized carbons (Fsp3) is 0.368. The molecule has 0 aromatic rings. The van der Waals surface area contributed by atoms with Gasteiger partial charge in [-0.2, -0.15) is 0 Å². The van der Waals surface area contributed by atoms with Crippen molar-refractivity contribution in [2.75, 3.05) is 0 Å². The molecule has 0 aliphatic carbocycles. The van der Waals surface area contributed by atoms with E-state index >= 15 is 0 Å². The summed E-state index contributed by atoms with van der Waals surface area (Å²) in [5, 5.41) is 0. The molecule has 0 N–H and O–H groups in total. The van der Waals surface area contributed by atoms with Crippen LogP contribution in [-0.2, 0) is 0 Å². The summed E-state index contributed by atoms with van der Waals surface area (Å²) in [5.74, 6) is 0.531. The van der Waals surface area contributed by atoms with Crippen LogP contribution in [0.5, 0.6) is 0 Å². The summed E-state index contributed by atoms with van der Waals surface area (Å²) in [4.78, 5) is 0. The maximum atomic E-state index is 4.12. The van der Waals surface area contributed by atoms with Gasteiger partial charge in [0.1, 0.15) is 0 Å². The van der Waals surface area contributed by atoms with E-state index in [1.165, 1.54) is 19.3 Å². The third-order valence-corrected chi connectivity index (χ3v) is 3.10. The van der Waals surface area contributed by atoms with Gasteiger partial charge in [-0.1, -0.05) is 88.5 Å². The van der Waals surface area contributed by atoms with Gasteiger partial charge >= 0.3 is 0 Å². The highest BCUT2D eigenvalue weighted by Crippen LogP contribution is 2.18. The normalized spacial score (nSPS) is 12.8. The third kappa shape index (κ3) is 8.20. The summed E-state index contributed by atoms with van der Waals surface area (Å²) >= 11 is 0. The van der Waals surface area contributed by atoms with Gasteiger partial charge in [0, 0.05) is 0 Å². The molecule has 0 fully saturated rings. The van der Waals surface area contributed by atoms with E-state index in [0.717, 1.165) is 22.3 Å². The number of allylic oxidation sites excluding steroid dienone is 8. The van der Waals surface area contributed by atoms with Gasteiger partial charge in [0.05, 0.1) is 0 Å². The van der Waals surface area contributed by atoms with Crippen molar-refractivity contribution in [3.63, 3.8) is 0 Å². The Bertz CT molecular complexity index is 402. The first-order valence-electron chi connectivity index (χ1n) is 6.97. The summed E-state index contributed by atoms with van der Waals surface area (Å²) in [7, 11) is 0. The highest BCUT2D eigenvalue weighted by atomic mass is 14.1. The molecule has 1 atom stereocenters. The second-order valence-electron chi connectivity index (χ2n) is 5.18. The zero-order valence-electron chi connectivity index (χ0n) is 12.8. The second-order valence-corrected chi connectivity index (χ2v) is 5.18. The first-order valence-corrected chi connectivity index (χ1v) is 6.97. The van der Waals surface area contributed by atoms with Crippen molar-refractivity contribution in [2.45, 2.75) is 40.0 Å². The molecule has 0 aliphatic rings. The Kier molecular flexibility index (Phi) is 8.61. The van der Waals surface area contributed by atoms with Crippen LogP contribution in [0, 0.1) is 5.92 Å². The molecule has 0 aliphatic heterocycles. The molecular weight excluding hydrogens is 228 g/mol. The van der Waals surface area contributed by atoms with Crippen LogP contribution in [0.1, 0.15) is 40.0 Å². The van der Waals surface area contributed by atoms with Crippen LogP contribution in [0.25, 0.3) is 0 Å². The van der Waals surface area contributed by atoms with Crippen molar-refractivity contribution in [3.05, 3.63) is 72.9 Å². The highest BCUT2D eigenvalue weighted by Gasteiger charge is 2.03. The Morgan fingerprint density at radius 3 is 1.95 bits per heavy atom. The smallest absolute Gasteiger partial charge is 0.0196 e. The quantitative estimate of drug-likeness (QED) is 0.433. The van der Waals surface area contributed by atoms with Crippen molar-refractivity contribution in [1.82, 2.24) is 0 Å². The van der Waals surface area contributed by atoms with Crippen molar-refractivity contribution >= 4 is 0 Å². The Hall–Kier alpha value is -1.56. The molecule has 0 bridgehead atoms. The summed E-state index contributed by atoms with van der Waals surface area (Å²) in [6.45, 7) is 22.3.